The van der Waals surface area contributed by atoms with E-state index < -0.39 is 0 Å². The van der Waals surface area contributed by atoms with Gasteiger partial charge in [-0.25, -0.2) is 0 Å². The van der Waals surface area contributed by atoms with Crippen LogP contribution in [0.15, 0.2) is 0 Å². The monoisotopic (exact) mass is 142 g/mol. The molecule has 2 saturated heterocycles. The summed E-state index contributed by atoms with van der Waals surface area (Å²) in [5.41, 5.74) is 5.69. The minimum absolute atomic E-state index is 0.168. The Hall–Kier alpha value is -0.120. The van der Waals surface area contributed by atoms with Gasteiger partial charge in [0, 0.05) is 12.5 Å². The maximum Gasteiger partial charge on any atom is 0.0689 e. The second-order valence-electron chi connectivity index (χ2n) is 3.63. The second kappa shape index (κ2) is 1.94. The molecule has 10 heavy (non-hydrogen) atoms. The summed E-state index contributed by atoms with van der Waals surface area (Å²) in [6.07, 6.45) is 3.60. The van der Waals surface area contributed by atoms with Gasteiger partial charge in [0.15, 0.2) is 0 Å². The fraction of sp³-hybridized carbons (Fsp3) is 1.00. The lowest BCUT2D eigenvalue weighted by molar-refractivity contribution is 0.0833. The molecule has 2 rings (SSSR count). The number of nitrogens with two attached hydrogens (primary N) is 1. The molecule has 4 N–H and O–H groups in total. The minimum atomic E-state index is -0.234. The van der Waals surface area contributed by atoms with Crippen molar-refractivity contribution in [2.75, 3.05) is 0 Å². The van der Waals surface area contributed by atoms with E-state index in [1.165, 1.54) is 0 Å². The Kier molecular flexibility index (Phi) is 1.27. The Bertz CT molecular complexity index is 151. The average Bonchev–Trinajstić information content (AvgIpc) is 2.06. The van der Waals surface area contributed by atoms with Crippen LogP contribution in [0.5, 0.6) is 0 Å². The first kappa shape index (κ1) is 6.58. The zero-order valence-corrected chi connectivity index (χ0v) is 6.01. The molecule has 3 atom stereocenters. The van der Waals surface area contributed by atoms with E-state index in [9.17, 15) is 5.11 Å². The van der Waals surface area contributed by atoms with Gasteiger partial charge in [0.05, 0.1) is 11.8 Å². The first-order chi connectivity index (χ1) is 4.68. The highest BCUT2D eigenvalue weighted by Gasteiger charge is 2.41. The van der Waals surface area contributed by atoms with Crippen molar-refractivity contribution in [1.29, 1.82) is 0 Å². The van der Waals surface area contributed by atoms with Gasteiger partial charge in [-0.15, -0.1) is 0 Å². The van der Waals surface area contributed by atoms with E-state index in [0.29, 0.717) is 6.04 Å². The maximum absolute atomic E-state index is 9.34. The zero-order valence-electron chi connectivity index (χ0n) is 6.01. The van der Waals surface area contributed by atoms with E-state index in [-0.39, 0.29) is 11.8 Å². The summed E-state index contributed by atoms with van der Waals surface area (Å²) in [5.74, 6) is 0. The number of aliphatic hydroxyl groups excluding tert-OH is 1. The number of aliphatic hydroxyl groups is 1. The van der Waals surface area contributed by atoms with Crippen molar-refractivity contribution in [2.24, 2.45) is 5.73 Å². The molecule has 2 bridgehead atoms. The fourth-order valence-corrected chi connectivity index (χ4v) is 2.15. The third kappa shape index (κ3) is 0.944. The van der Waals surface area contributed by atoms with Gasteiger partial charge in [-0.3, -0.25) is 5.32 Å². The van der Waals surface area contributed by atoms with Crippen LogP contribution >= 0.6 is 0 Å². The molecular formula is C7H14N2O. The van der Waals surface area contributed by atoms with Crippen molar-refractivity contribution >= 4 is 0 Å². The van der Waals surface area contributed by atoms with Crippen molar-refractivity contribution in [3.63, 3.8) is 0 Å². The maximum atomic E-state index is 9.34. The Morgan fingerprint density at radius 1 is 1.60 bits per heavy atom. The Labute approximate surface area is 60.6 Å². The molecular weight excluding hydrogens is 128 g/mol. The van der Waals surface area contributed by atoms with Gasteiger partial charge in [-0.05, 0) is 19.3 Å². The summed E-state index contributed by atoms with van der Waals surface area (Å²) in [6, 6.07) is 0.480. The molecule has 0 amide bonds. The van der Waals surface area contributed by atoms with E-state index in [2.05, 4.69) is 5.32 Å². The predicted molar refractivity (Wildman–Crippen MR) is 38.3 cm³/mol. The molecule has 2 aliphatic heterocycles. The molecule has 3 unspecified atom stereocenters. The van der Waals surface area contributed by atoms with Crippen molar-refractivity contribution in [1.82, 2.24) is 5.32 Å². The van der Waals surface area contributed by atoms with Crippen LogP contribution in [-0.2, 0) is 0 Å². The third-order valence-corrected chi connectivity index (χ3v) is 2.59. The quantitative estimate of drug-likeness (QED) is 0.429. The van der Waals surface area contributed by atoms with Crippen molar-refractivity contribution in [3.05, 3.63) is 0 Å². The predicted octanol–water partition coefficient (Wildman–Crippen LogP) is -0.452. The fourth-order valence-electron chi connectivity index (χ4n) is 2.15. The molecule has 0 radical (unpaired) electrons. The molecule has 0 spiro atoms. The Balaban J connectivity index is 2.13. The Morgan fingerprint density at radius 2 is 2.40 bits per heavy atom. The first-order valence-electron chi connectivity index (χ1n) is 3.93. The van der Waals surface area contributed by atoms with Gasteiger partial charge in [-0.1, -0.05) is 0 Å². The summed E-state index contributed by atoms with van der Waals surface area (Å²) in [5, 5.41) is 12.7. The van der Waals surface area contributed by atoms with Crippen molar-refractivity contribution < 1.29 is 5.11 Å². The van der Waals surface area contributed by atoms with Crippen LogP contribution in [0.2, 0.25) is 0 Å². The number of nitrogens with one attached hydrogen (secondary N) is 1. The van der Waals surface area contributed by atoms with E-state index in [1.54, 1.807) is 0 Å². The molecule has 58 valence electrons. The van der Waals surface area contributed by atoms with Crippen LogP contribution in [0.25, 0.3) is 0 Å². The van der Waals surface area contributed by atoms with Crippen LogP contribution in [0, 0.1) is 0 Å². The lowest BCUT2D eigenvalue weighted by Gasteiger charge is -2.33. The van der Waals surface area contributed by atoms with Crippen LogP contribution < -0.4 is 11.1 Å². The van der Waals surface area contributed by atoms with Gasteiger partial charge in [0.2, 0.25) is 0 Å². The normalized spacial score (nSPS) is 53.4. The highest BCUT2D eigenvalue weighted by molar-refractivity contribution is 5.00. The standard InChI is InChI=1S/C7H14N2O/c8-7-2-1-5(9-7)3-6(10)4-7/h5-6,9-10H,1-4,8H2. The molecule has 0 aromatic heterocycles. The average molecular weight is 142 g/mol. The number of hydrogen-bond acceptors (Lipinski definition) is 3. The summed E-state index contributed by atoms with van der Waals surface area (Å²) in [4.78, 5) is 0. The van der Waals surface area contributed by atoms with E-state index in [4.69, 9.17) is 5.73 Å². The molecule has 3 nitrogen and oxygen atoms in total. The van der Waals surface area contributed by atoms with Crippen LogP contribution in [-0.4, -0.2) is 22.9 Å². The van der Waals surface area contributed by atoms with Crippen LogP contribution in [0.1, 0.15) is 25.7 Å². The summed E-state index contributed by atoms with van der Waals surface area (Å²) in [6.45, 7) is 0. The molecule has 0 saturated carbocycles. The SMILES string of the molecule is NC12CCC(CC(O)C1)N2. The van der Waals surface area contributed by atoms with E-state index in [1.807, 2.05) is 0 Å². The van der Waals surface area contributed by atoms with E-state index in [0.717, 1.165) is 25.7 Å². The topological polar surface area (TPSA) is 58.3 Å². The molecule has 0 aromatic rings. The zero-order chi connectivity index (χ0) is 7.19. The van der Waals surface area contributed by atoms with Gasteiger partial charge in [0.1, 0.15) is 0 Å². The molecule has 2 heterocycles. The largest absolute Gasteiger partial charge is 0.393 e. The highest BCUT2D eigenvalue weighted by atomic mass is 16.3. The summed E-state index contributed by atoms with van der Waals surface area (Å²) in [7, 11) is 0. The highest BCUT2D eigenvalue weighted by Crippen LogP contribution is 2.31. The lowest BCUT2D eigenvalue weighted by Crippen LogP contribution is -2.57. The molecule has 2 aliphatic rings. The number of piperidine rings is 1. The number of rotatable bonds is 0. The van der Waals surface area contributed by atoms with Crippen molar-refractivity contribution in [3.8, 4) is 0 Å². The van der Waals surface area contributed by atoms with E-state index >= 15 is 0 Å². The number of hydrogen-bond donors (Lipinski definition) is 3. The third-order valence-electron chi connectivity index (χ3n) is 2.59. The second-order valence-corrected chi connectivity index (χ2v) is 3.63. The van der Waals surface area contributed by atoms with Gasteiger partial charge >= 0.3 is 0 Å². The molecule has 0 aromatic carbocycles. The Morgan fingerprint density at radius 3 is 3.10 bits per heavy atom. The van der Waals surface area contributed by atoms with Crippen LogP contribution in [0.3, 0.4) is 0 Å². The van der Waals surface area contributed by atoms with Crippen LogP contribution in [0.4, 0.5) is 0 Å². The summed E-state index contributed by atoms with van der Waals surface area (Å²) < 4.78 is 0. The minimum Gasteiger partial charge on any atom is -0.393 e. The summed E-state index contributed by atoms with van der Waals surface area (Å²) >= 11 is 0. The smallest absolute Gasteiger partial charge is 0.0689 e. The number of fused-ring (bicyclic) bond motifs is 2. The molecule has 2 fully saturated rings. The lowest BCUT2D eigenvalue weighted by atomic mass is 9.98. The van der Waals surface area contributed by atoms with Gasteiger partial charge < -0.3 is 10.8 Å². The van der Waals surface area contributed by atoms with Crippen molar-refractivity contribution in [2.45, 2.75) is 43.5 Å². The first-order valence-corrected chi connectivity index (χ1v) is 3.93. The molecule has 3 heteroatoms. The van der Waals surface area contributed by atoms with Gasteiger partial charge in [0.25, 0.3) is 0 Å². The van der Waals surface area contributed by atoms with Gasteiger partial charge in [-0.2, -0.15) is 0 Å². The molecule has 0 aliphatic carbocycles.